The van der Waals surface area contributed by atoms with E-state index in [1.807, 2.05) is 206 Å². The van der Waals surface area contributed by atoms with Gasteiger partial charge >= 0.3 is 0 Å². The molecule has 0 fully saturated rings. The van der Waals surface area contributed by atoms with Crippen LogP contribution in [0, 0.1) is 11.6 Å². The first-order valence-electron chi connectivity index (χ1n) is 32.7. The summed E-state index contributed by atoms with van der Waals surface area (Å²) in [5.41, 5.74) is 4.30. The largest absolute Gasteiger partial charge is 0.307 e. The monoisotopic (exact) mass is 1090 g/mol. The first-order valence-corrected chi connectivity index (χ1v) is 27.7. The van der Waals surface area contributed by atoms with Gasteiger partial charge in [-0.3, -0.25) is 0 Å². The lowest BCUT2D eigenvalue weighted by Crippen LogP contribution is -2.15. The van der Waals surface area contributed by atoms with E-state index in [9.17, 15) is 11.0 Å². The van der Waals surface area contributed by atoms with E-state index in [-0.39, 0.29) is 34.1 Å². The molecule has 0 spiro atoms. The van der Waals surface area contributed by atoms with E-state index in [1.54, 1.807) is 24.3 Å². The SMILES string of the molecule is [2H]c1c([2H])c([2H])c(N(c2c(F)ccc(-c3ccc4ccccc4c3)c2-c2ccc3ccccc3c2)c2ccc3ccc4c(N(c5c([2H])c([2H])c([2H])c([2H])c5[2H])c5c(F)ccc(-c6ccc7ccccc7c6)c5-c5ccc6ccccc6c5)ccc5ccc2c3c54)c([2H])c1[2H]. The molecule has 0 unspecified atom stereocenters. The van der Waals surface area contributed by atoms with Crippen LogP contribution in [0.1, 0.15) is 13.7 Å². The van der Waals surface area contributed by atoms with Gasteiger partial charge in [0.15, 0.2) is 0 Å². The molecule has 4 heteroatoms. The van der Waals surface area contributed by atoms with Crippen molar-refractivity contribution in [3.05, 3.63) is 315 Å². The molecule has 84 heavy (non-hydrogen) atoms. The molecule has 0 aromatic heterocycles. The van der Waals surface area contributed by atoms with Crippen molar-refractivity contribution in [1.82, 2.24) is 0 Å². The van der Waals surface area contributed by atoms with Gasteiger partial charge in [0.1, 0.15) is 11.6 Å². The molecular weight excluding hydrogens is 1030 g/mol. The van der Waals surface area contributed by atoms with Crippen molar-refractivity contribution >= 4 is 110 Å². The van der Waals surface area contributed by atoms with Crippen LogP contribution in [-0.2, 0) is 0 Å². The zero-order valence-corrected chi connectivity index (χ0v) is 44.7. The highest BCUT2D eigenvalue weighted by Crippen LogP contribution is 2.54. The van der Waals surface area contributed by atoms with Crippen LogP contribution in [-0.4, -0.2) is 0 Å². The maximum absolute atomic E-state index is 18.4. The number of rotatable bonds is 10. The topological polar surface area (TPSA) is 6.48 Å². The molecule has 0 heterocycles. The summed E-state index contributed by atoms with van der Waals surface area (Å²) in [5, 5.41) is 10.9. The highest BCUT2D eigenvalue weighted by molar-refractivity contribution is 6.28. The average molecular weight is 1090 g/mol. The molecule has 16 aromatic carbocycles. The minimum atomic E-state index is -0.753. The van der Waals surface area contributed by atoms with Crippen LogP contribution in [0.2, 0.25) is 0 Å². The lowest BCUT2D eigenvalue weighted by atomic mass is 9.88. The predicted octanol–water partition coefficient (Wildman–Crippen LogP) is 23.1. The van der Waals surface area contributed by atoms with E-state index < -0.39 is 72.1 Å². The molecule has 0 radical (unpaired) electrons. The molecule has 0 bridgehead atoms. The smallest absolute Gasteiger partial charge is 0.147 e. The molecule has 2 nitrogen and oxygen atoms in total. The van der Waals surface area contributed by atoms with Crippen molar-refractivity contribution in [3.63, 3.8) is 0 Å². The van der Waals surface area contributed by atoms with Gasteiger partial charge in [-0.05, 0) is 171 Å². The van der Waals surface area contributed by atoms with Gasteiger partial charge in [0.2, 0.25) is 0 Å². The fourth-order valence-electron chi connectivity index (χ4n) is 12.6. The Morgan fingerprint density at radius 1 is 0.274 bits per heavy atom. The lowest BCUT2D eigenvalue weighted by molar-refractivity contribution is 0.629. The quantitative estimate of drug-likeness (QED) is 0.126. The molecule has 16 aromatic rings. The number of fused-ring (bicyclic) bond motifs is 4. The van der Waals surface area contributed by atoms with Crippen molar-refractivity contribution in [3.8, 4) is 44.5 Å². The van der Waals surface area contributed by atoms with E-state index in [4.69, 9.17) is 2.74 Å². The normalized spacial score (nSPS) is 13.4. The highest BCUT2D eigenvalue weighted by atomic mass is 19.1. The summed E-state index contributed by atoms with van der Waals surface area (Å²) in [6, 6.07) is 69.8. The van der Waals surface area contributed by atoms with Crippen LogP contribution in [0.25, 0.3) is 120 Å². The standard InChI is InChI=1S/C80H50F2N2/c81-71-43-41-67(61-31-27-51-15-7-11-19-57(51)47-61)77(63-33-29-53-17-9-13-21-59(53)49-63)79(71)83(65-23-3-1-4-24-65)73-45-37-55-36-40-70-74(46-38-56-35-39-69(73)75(55)76(56)70)84(66-25-5-2-6-26-66)80-72(82)44-42-68(62-32-28-52-16-8-12-20-58(52)48-62)78(80)64-34-30-54-18-10-14-22-60(54)50-64/h1-50H/i1D,2D,3D,4D,5D,6D,23D,24D,25D,26D. The summed E-state index contributed by atoms with van der Waals surface area (Å²) in [4.78, 5) is 2.92. The van der Waals surface area contributed by atoms with Gasteiger partial charge in [-0.25, -0.2) is 8.78 Å². The summed E-state index contributed by atoms with van der Waals surface area (Å²) in [7, 11) is 0. The van der Waals surface area contributed by atoms with Crippen LogP contribution in [0.5, 0.6) is 0 Å². The number of para-hydroxylation sites is 2. The summed E-state index contributed by atoms with van der Waals surface area (Å²) in [5.74, 6) is -1.51. The molecule has 0 saturated heterocycles. The molecule has 16 rings (SSSR count). The van der Waals surface area contributed by atoms with Crippen LogP contribution in [0.15, 0.2) is 303 Å². The van der Waals surface area contributed by atoms with Crippen molar-refractivity contribution in [2.45, 2.75) is 0 Å². The number of hydrogen-bond donors (Lipinski definition) is 0. The minimum Gasteiger partial charge on any atom is -0.307 e. The fourth-order valence-corrected chi connectivity index (χ4v) is 12.6. The second kappa shape index (κ2) is 19.9. The van der Waals surface area contributed by atoms with Gasteiger partial charge in [-0.1, -0.05) is 230 Å². The van der Waals surface area contributed by atoms with E-state index >= 15 is 8.78 Å². The van der Waals surface area contributed by atoms with E-state index in [1.165, 1.54) is 21.9 Å². The Hall–Kier alpha value is -10.9. The zero-order chi connectivity index (χ0) is 64.5. The molecule has 0 atom stereocenters. The van der Waals surface area contributed by atoms with Gasteiger partial charge in [0.25, 0.3) is 0 Å². The first kappa shape index (κ1) is 39.5. The predicted molar refractivity (Wildman–Crippen MR) is 351 cm³/mol. The van der Waals surface area contributed by atoms with Gasteiger partial charge in [0.05, 0.1) is 36.5 Å². The Bertz CT molecular complexity index is 5480. The van der Waals surface area contributed by atoms with Crippen molar-refractivity contribution < 1.29 is 22.5 Å². The second-order valence-corrected chi connectivity index (χ2v) is 21.1. The van der Waals surface area contributed by atoms with Gasteiger partial charge in [-0.2, -0.15) is 0 Å². The van der Waals surface area contributed by atoms with Gasteiger partial charge in [0, 0.05) is 33.3 Å². The Labute approximate surface area is 499 Å². The van der Waals surface area contributed by atoms with Crippen LogP contribution < -0.4 is 9.80 Å². The third kappa shape index (κ3) is 8.14. The number of hydrogen-bond acceptors (Lipinski definition) is 2. The molecule has 394 valence electrons. The average Bonchev–Trinajstić information content (AvgIpc) is 0.712. The molecule has 0 amide bonds. The van der Waals surface area contributed by atoms with Gasteiger partial charge in [-0.15, -0.1) is 0 Å². The molecule has 0 aliphatic carbocycles. The third-order valence-electron chi connectivity index (χ3n) is 16.4. The fraction of sp³-hybridized carbons (Fsp3) is 0. The van der Waals surface area contributed by atoms with Crippen LogP contribution in [0.4, 0.5) is 42.9 Å². The molecule has 0 aliphatic rings. The highest BCUT2D eigenvalue weighted by Gasteiger charge is 2.30. The maximum atomic E-state index is 18.4. The molecule has 0 N–H and O–H groups in total. The van der Waals surface area contributed by atoms with E-state index in [2.05, 4.69) is 0 Å². The Morgan fingerprint density at radius 2 is 0.583 bits per heavy atom. The van der Waals surface area contributed by atoms with Gasteiger partial charge < -0.3 is 9.80 Å². The van der Waals surface area contributed by atoms with Crippen molar-refractivity contribution in [2.24, 2.45) is 0 Å². The van der Waals surface area contributed by atoms with Crippen LogP contribution in [0.3, 0.4) is 0 Å². The molecule has 0 saturated carbocycles. The zero-order valence-electron chi connectivity index (χ0n) is 54.7. The van der Waals surface area contributed by atoms with E-state index in [0.29, 0.717) is 65.7 Å². The first-order chi connectivity index (χ1) is 45.6. The summed E-state index contributed by atoms with van der Waals surface area (Å²) in [6.07, 6.45) is 0. The summed E-state index contributed by atoms with van der Waals surface area (Å²) < 4.78 is 130. The number of nitrogens with zero attached hydrogens (tertiary/aromatic N) is 2. The number of benzene rings is 16. The number of halogens is 2. The minimum absolute atomic E-state index is 0.0921. The lowest BCUT2D eigenvalue weighted by Gasteiger charge is -2.32. The van der Waals surface area contributed by atoms with Crippen LogP contribution >= 0.6 is 0 Å². The van der Waals surface area contributed by atoms with E-state index in [0.717, 1.165) is 54.2 Å². The second-order valence-electron chi connectivity index (χ2n) is 21.1. The summed E-state index contributed by atoms with van der Waals surface area (Å²) in [6.45, 7) is 0. The molecule has 0 aliphatic heterocycles. The Kier molecular flexibility index (Phi) is 9.37. The van der Waals surface area contributed by atoms with Crippen molar-refractivity contribution in [1.29, 1.82) is 0 Å². The maximum Gasteiger partial charge on any atom is 0.147 e. The van der Waals surface area contributed by atoms with Crippen molar-refractivity contribution in [2.75, 3.05) is 9.80 Å². The Balaban J connectivity index is 1.02. The Morgan fingerprint density at radius 3 is 0.952 bits per heavy atom. The third-order valence-corrected chi connectivity index (χ3v) is 16.4. The molecular formula is C80H50F2N2. The number of anilines is 6. The summed E-state index contributed by atoms with van der Waals surface area (Å²) >= 11 is 0.